The number of halogens is 5. The van der Waals surface area contributed by atoms with Gasteiger partial charge in [-0.3, -0.25) is 9.36 Å². The highest BCUT2D eigenvalue weighted by Gasteiger charge is 2.39. The zero-order chi connectivity index (χ0) is 29.8. The van der Waals surface area contributed by atoms with Gasteiger partial charge in [0.2, 0.25) is 5.91 Å². The molecule has 2 aromatic heterocycles. The molecule has 4 heterocycles. The van der Waals surface area contributed by atoms with Crippen molar-refractivity contribution >= 4 is 34.4 Å². The lowest BCUT2D eigenvalue weighted by Gasteiger charge is -2.35. The Kier molecular flexibility index (Phi) is 6.99. The predicted octanol–water partition coefficient (Wildman–Crippen LogP) is 4.13. The van der Waals surface area contributed by atoms with Gasteiger partial charge in [-0.2, -0.15) is 18.2 Å². The third-order valence-electron chi connectivity index (χ3n) is 7.40. The van der Waals surface area contributed by atoms with Crippen LogP contribution in [0.25, 0.3) is 22.0 Å². The Balaban J connectivity index is 1.63. The van der Waals surface area contributed by atoms with Gasteiger partial charge in [0.05, 0.1) is 29.9 Å². The molecule has 6 rings (SSSR count). The minimum Gasteiger partial charge on any atom is -0.352 e. The van der Waals surface area contributed by atoms with Crippen LogP contribution in [0.4, 0.5) is 27.8 Å². The SMILES string of the molecule is C=CC(=O)N1CCN(c2nc(=O)n3c4c(c(-c5ccc(F)cc5F)c(C(F)(F)F)cc24)SCC(n2ccnn2)C3)CC1. The average molecular weight is 604 g/mol. The van der Waals surface area contributed by atoms with E-state index >= 15 is 4.39 Å². The van der Waals surface area contributed by atoms with Crippen LogP contribution in [0, 0.1) is 11.6 Å². The first kappa shape index (κ1) is 27.9. The Labute approximate surface area is 239 Å². The number of amides is 1. The van der Waals surface area contributed by atoms with Crippen molar-refractivity contribution in [3.05, 3.63) is 77.0 Å². The molecule has 15 heteroatoms. The monoisotopic (exact) mass is 603 g/mol. The minimum absolute atomic E-state index is 0.0181. The summed E-state index contributed by atoms with van der Waals surface area (Å²) < 4.78 is 76.0. The quantitative estimate of drug-likeness (QED) is 0.256. The molecule has 2 aromatic carbocycles. The minimum atomic E-state index is -4.94. The number of anilines is 1. The van der Waals surface area contributed by atoms with Crippen molar-refractivity contribution in [2.24, 2.45) is 0 Å². The van der Waals surface area contributed by atoms with Crippen molar-refractivity contribution in [2.75, 3.05) is 36.8 Å². The fourth-order valence-corrected chi connectivity index (χ4v) is 6.75. The molecule has 0 N–H and O–H groups in total. The fourth-order valence-electron chi connectivity index (χ4n) is 5.41. The Morgan fingerprint density at radius 1 is 1.12 bits per heavy atom. The van der Waals surface area contributed by atoms with Crippen LogP contribution in [0.3, 0.4) is 0 Å². The molecule has 218 valence electrons. The van der Waals surface area contributed by atoms with E-state index in [1.807, 2.05) is 0 Å². The molecule has 42 heavy (non-hydrogen) atoms. The van der Waals surface area contributed by atoms with Crippen LogP contribution in [-0.2, 0) is 17.5 Å². The largest absolute Gasteiger partial charge is 0.417 e. The zero-order valence-corrected chi connectivity index (χ0v) is 22.6. The number of hydrogen-bond donors (Lipinski definition) is 0. The van der Waals surface area contributed by atoms with Gasteiger partial charge in [0.15, 0.2) is 0 Å². The van der Waals surface area contributed by atoms with Gasteiger partial charge in [-0.05, 0) is 24.3 Å². The van der Waals surface area contributed by atoms with Crippen LogP contribution in [0.1, 0.15) is 11.6 Å². The summed E-state index contributed by atoms with van der Waals surface area (Å²) in [7, 11) is 0. The third-order valence-corrected chi connectivity index (χ3v) is 8.64. The number of nitrogens with zero attached hydrogens (tertiary/aromatic N) is 7. The number of rotatable bonds is 4. The highest BCUT2D eigenvalue weighted by atomic mass is 32.2. The van der Waals surface area contributed by atoms with Gasteiger partial charge in [-0.25, -0.2) is 18.3 Å². The molecule has 1 saturated heterocycles. The first-order chi connectivity index (χ1) is 20.1. The van der Waals surface area contributed by atoms with Crippen LogP contribution >= 0.6 is 11.8 Å². The molecule has 2 aliphatic rings. The van der Waals surface area contributed by atoms with E-state index in [4.69, 9.17) is 0 Å². The molecule has 1 amide bonds. The third kappa shape index (κ3) is 4.80. The van der Waals surface area contributed by atoms with Crippen molar-refractivity contribution in [3.8, 4) is 11.1 Å². The molecular formula is C27H22F5N7O2S. The number of benzene rings is 2. The summed E-state index contributed by atoms with van der Waals surface area (Å²) in [5.74, 6) is -2.17. The van der Waals surface area contributed by atoms with E-state index in [2.05, 4.69) is 21.9 Å². The molecule has 4 aromatic rings. The second kappa shape index (κ2) is 10.5. The predicted molar refractivity (Wildman–Crippen MR) is 145 cm³/mol. The fraction of sp³-hybridized carbons (Fsp3) is 0.296. The molecule has 2 aliphatic heterocycles. The summed E-state index contributed by atoms with van der Waals surface area (Å²) in [6.07, 6.45) is -0.732. The van der Waals surface area contributed by atoms with Crippen molar-refractivity contribution in [1.82, 2.24) is 29.4 Å². The lowest BCUT2D eigenvalue weighted by molar-refractivity contribution is -0.137. The van der Waals surface area contributed by atoms with Crippen molar-refractivity contribution in [1.29, 1.82) is 0 Å². The van der Waals surface area contributed by atoms with E-state index in [1.54, 1.807) is 16.0 Å². The first-order valence-corrected chi connectivity index (χ1v) is 13.8. The topological polar surface area (TPSA) is 89.2 Å². The van der Waals surface area contributed by atoms with Crippen molar-refractivity contribution in [2.45, 2.75) is 23.7 Å². The summed E-state index contributed by atoms with van der Waals surface area (Å²) in [4.78, 5) is 33.1. The second-order valence-corrected chi connectivity index (χ2v) is 10.9. The second-order valence-electron chi connectivity index (χ2n) is 9.84. The van der Waals surface area contributed by atoms with E-state index < -0.39 is 46.2 Å². The molecule has 0 bridgehead atoms. The standard InChI is InChI=1S/C27H22F5N7O2S/c1-2-21(40)36-7-9-37(10-8-36)25-18-12-19(27(30,31)32)22(17-4-3-15(28)11-20(17)29)24-23(18)38(26(41)34-25)13-16(14-42-24)39-6-5-33-35-39/h2-6,11-12,16H,1,7-10,13-14H2. The van der Waals surface area contributed by atoms with Gasteiger partial charge in [0.1, 0.15) is 17.5 Å². The lowest BCUT2D eigenvalue weighted by Crippen LogP contribution is -2.49. The van der Waals surface area contributed by atoms with Crippen molar-refractivity contribution in [3.63, 3.8) is 0 Å². The van der Waals surface area contributed by atoms with Gasteiger partial charge in [0.25, 0.3) is 0 Å². The van der Waals surface area contributed by atoms with Crippen LogP contribution in [0.5, 0.6) is 0 Å². The smallest absolute Gasteiger partial charge is 0.352 e. The number of aromatic nitrogens is 5. The normalized spacial score (nSPS) is 17.4. The van der Waals surface area contributed by atoms with Crippen LogP contribution in [0.15, 0.2) is 59.0 Å². The Morgan fingerprint density at radius 3 is 2.52 bits per heavy atom. The first-order valence-electron chi connectivity index (χ1n) is 12.9. The number of piperazine rings is 1. The maximum atomic E-state index is 15.2. The van der Waals surface area contributed by atoms with Gasteiger partial charge in [-0.15, -0.1) is 16.9 Å². The molecule has 1 unspecified atom stereocenters. The van der Waals surface area contributed by atoms with E-state index in [1.165, 1.54) is 21.5 Å². The van der Waals surface area contributed by atoms with Gasteiger partial charge >= 0.3 is 11.9 Å². The van der Waals surface area contributed by atoms with E-state index in [-0.39, 0.29) is 66.0 Å². The maximum Gasteiger partial charge on any atom is 0.417 e. The molecule has 1 fully saturated rings. The van der Waals surface area contributed by atoms with E-state index in [0.717, 1.165) is 30.0 Å². The molecule has 0 radical (unpaired) electrons. The highest BCUT2D eigenvalue weighted by Crippen LogP contribution is 2.49. The molecule has 9 nitrogen and oxygen atoms in total. The van der Waals surface area contributed by atoms with Crippen LogP contribution in [0.2, 0.25) is 0 Å². The molecule has 0 aliphatic carbocycles. The summed E-state index contributed by atoms with van der Waals surface area (Å²) in [6.45, 7) is 4.42. The molecule has 0 saturated carbocycles. The maximum absolute atomic E-state index is 15.2. The Hall–Kier alpha value is -4.27. The lowest BCUT2D eigenvalue weighted by atomic mass is 9.95. The van der Waals surface area contributed by atoms with Crippen LogP contribution < -0.4 is 10.6 Å². The van der Waals surface area contributed by atoms with Crippen LogP contribution in [-0.4, -0.2) is 67.3 Å². The number of carbonyl (C=O) groups is 1. The number of alkyl halides is 3. The Morgan fingerprint density at radius 2 is 1.88 bits per heavy atom. The van der Waals surface area contributed by atoms with Gasteiger partial charge in [0, 0.05) is 65.6 Å². The Bertz CT molecular complexity index is 1770. The van der Waals surface area contributed by atoms with Gasteiger partial charge in [-0.1, -0.05) is 11.8 Å². The van der Waals surface area contributed by atoms with E-state index in [0.29, 0.717) is 6.07 Å². The van der Waals surface area contributed by atoms with Crippen molar-refractivity contribution < 1.29 is 26.7 Å². The molecular weight excluding hydrogens is 581 g/mol. The summed E-state index contributed by atoms with van der Waals surface area (Å²) in [5.41, 5.74) is -2.61. The van der Waals surface area contributed by atoms with E-state index in [9.17, 15) is 27.2 Å². The summed E-state index contributed by atoms with van der Waals surface area (Å²) >= 11 is 1.03. The summed E-state index contributed by atoms with van der Waals surface area (Å²) in [5, 5.41) is 7.87. The summed E-state index contributed by atoms with van der Waals surface area (Å²) in [6, 6.07) is 2.78. The number of hydrogen-bond acceptors (Lipinski definition) is 7. The molecule has 1 atom stereocenters. The highest BCUT2D eigenvalue weighted by molar-refractivity contribution is 7.99. The zero-order valence-electron chi connectivity index (χ0n) is 21.8. The number of carbonyl (C=O) groups excluding carboxylic acids is 1. The number of thioether (sulfide) groups is 1. The average Bonchev–Trinajstić information content (AvgIpc) is 3.42. The molecule has 0 spiro atoms. The van der Waals surface area contributed by atoms with Gasteiger partial charge < -0.3 is 9.80 Å².